The predicted molar refractivity (Wildman–Crippen MR) is 126 cm³/mol. The Morgan fingerprint density at radius 2 is 1.71 bits per heavy atom. The highest BCUT2D eigenvalue weighted by Crippen LogP contribution is 2.32. The number of amides is 1. The van der Waals surface area contributed by atoms with Crippen LogP contribution in [0, 0.1) is 5.82 Å². The van der Waals surface area contributed by atoms with Gasteiger partial charge < -0.3 is 11.1 Å². The summed E-state index contributed by atoms with van der Waals surface area (Å²) in [5.74, 6) is -1.54. The topological polar surface area (TPSA) is 130 Å². The molecule has 9 nitrogen and oxygen atoms in total. The molecular weight excluding hydrogens is 527 g/mol. The van der Waals surface area contributed by atoms with Gasteiger partial charge in [0.2, 0.25) is 10.0 Å². The molecule has 1 aliphatic heterocycles. The number of sulfonamides is 2. The molecule has 3 N–H and O–H groups in total. The average molecular weight is 551 g/mol. The smallest absolute Gasteiger partial charge is 0.254 e. The van der Waals surface area contributed by atoms with Crippen LogP contribution in [0.1, 0.15) is 25.7 Å². The number of halogens is 2. The van der Waals surface area contributed by atoms with E-state index in [2.05, 4.69) is 5.32 Å². The molecule has 1 unspecified atom stereocenters. The lowest BCUT2D eigenvalue weighted by atomic mass is 9.92. The summed E-state index contributed by atoms with van der Waals surface area (Å²) in [4.78, 5) is 13.1. The van der Waals surface area contributed by atoms with Gasteiger partial charge in [-0.05, 0) is 55.3 Å². The van der Waals surface area contributed by atoms with Crippen molar-refractivity contribution in [2.45, 2.75) is 53.0 Å². The van der Waals surface area contributed by atoms with Crippen LogP contribution in [0.5, 0.6) is 0 Å². The molecule has 14 heteroatoms. The molecule has 0 bridgehead atoms. The minimum Gasteiger partial charge on any atom is -0.351 e. The quantitative estimate of drug-likeness (QED) is 0.565. The first kappa shape index (κ1) is 25.5. The number of nitrogens with one attached hydrogen (secondary N) is 1. The maximum atomic E-state index is 13.6. The monoisotopic (exact) mass is 550 g/mol. The van der Waals surface area contributed by atoms with Crippen molar-refractivity contribution in [3.05, 3.63) is 46.6 Å². The number of carbonyl (C=O) groups excluding carboxylic acids is 1. The first-order chi connectivity index (χ1) is 16.0. The van der Waals surface area contributed by atoms with Gasteiger partial charge in [0.05, 0.1) is 9.92 Å². The van der Waals surface area contributed by atoms with Gasteiger partial charge >= 0.3 is 0 Å². The minimum atomic E-state index is -4.39. The summed E-state index contributed by atoms with van der Waals surface area (Å²) in [6.07, 6.45) is 0.970. The van der Waals surface area contributed by atoms with E-state index in [0.717, 1.165) is 38.1 Å². The van der Waals surface area contributed by atoms with Crippen molar-refractivity contribution in [2.24, 2.45) is 5.73 Å². The van der Waals surface area contributed by atoms with Gasteiger partial charge in [-0.15, -0.1) is 11.3 Å². The first-order valence-corrected chi connectivity index (χ1v) is 14.7. The third kappa shape index (κ3) is 4.87. The number of thiophene rings is 1. The SMILES string of the molecule is NC1CCC(NC(=O)C2N(S(=O)(=O)c3ccc(F)c(Cl)c3)CCN2S(=O)(=O)c2cccs2)CC1. The summed E-state index contributed by atoms with van der Waals surface area (Å²) in [6, 6.07) is 5.63. The zero-order valence-electron chi connectivity index (χ0n) is 17.9. The second-order valence-electron chi connectivity index (χ2n) is 8.23. The van der Waals surface area contributed by atoms with Crippen LogP contribution in [0.15, 0.2) is 44.8 Å². The molecule has 34 heavy (non-hydrogen) atoms. The zero-order valence-corrected chi connectivity index (χ0v) is 21.1. The lowest BCUT2D eigenvalue weighted by Gasteiger charge is -2.32. The number of benzene rings is 1. The predicted octanol–water partition coefficient (Wildman–Crippen LogP) is 1.95. The van der Waals surface area contributed by atoms with E-state index in [1.165, 1.54) is 6.07 Å². The van der Waals surface area contributed by atoms with Crippen molar-refractivity contribution < 1.29 is 26.0 Å². The second-order valence-corrected chi connectivity index (χ2v) is 13.6. The summed E-state index contributed by atoms with van der Waals surface area (Å²) >= 11 is 6.76. The van der Waals surface area contributed by atoms with Crippen LogP contribution in [0.3, 0.4) is 0 Å². The lowest BCUT2D eigenvalue weighted by Crippen LogP contribution is -2.55. The highest BCUT2D eigenvalue weighted by atomic mass is 35.5. The van der Waals surface area contributed by atoms with Gasteiger partial charge in [-0.25, -0.2) is 21.2 Å². The Balaban J connectivity index is 1.70. The maximum Gasteiger partial charge on any atom is 0.254 e. The third-order valence-corrected chi connectivity index (χ3v) is 11.4. The maximum absolute atomic E-state index is 13.6. The molecule has 0 radical (unpaired) electrons. The number of nitrogens with zero attached hydrogens (tertiary/aromatic N) is 2. The fourth-order valence-electron chi connectivity index (χ4n) is 4.19. The molecule has 186 valence electrons. The molecule has 1 aromatic heterocycles. The van der Waals surface area contributed by atoms with Gasteiger partial charge in [0.1, 0.15) is 10.0 Å². The lowest BCUT2D eigenvalue weighted by molar-refractivity contribution is -0.127. The van der Waals surface area contributed by atoms with Crippen LogP contribution >= 0.6 is 22.9 Å². The van der Waals surface area contributed by atoms with Crippen LogP contribution in [0.2, 0.25) is 5.02 Å². The van der Waals surface area contributed by atoms with Gasteiger partial charge in [0.15, 0.2) is 6.17 Å². The van der Waals surface area contributed by atoms with Gasteiger partial charge in [0.25, 0.3) is 15.9 Å². The molecule has 1 amide bonds. The van der Waals surface area contributed by atoms with Crippen molar-refractivity contribution >= 4 is 48.9 Å². The summed E-state index contributed by atoms with van der Waals surface area (Å²) in [5, 5.41) is 3.99. The number of rotatable bonds is 6. The molecule has 2 aromatic rings. The average Bonchev–Trinajstić information content (AvgIpc) is 3.48. The van der Waals surface area contributed by atoms with Crippen LogP contribution < -0.4 is 11.1 Å². The van der Waals surface area contributed by atoms with E-state index < -0.39 is 43.0 Å². The van der Waals surface area contributed by atoms with Gasteiger partial charge in [0, 0.05) is 25.2 Å². The van der Waals surface area contributed by atoms with Gasteiger partial charge in [-0.2, -0.15) is 8.61 Å². The van der Waals surface area contributed by atoms with E-state index in [4.69, 9.17) is 17.3 Å². The fourth-order valence-corrected chi connectivity index (χ4v) is 8.73. The summed E-state index contributed by atoms with van der Waals surface area (Å²) < 4.78 is 68.8. The summed E-state index contributed by atoms with van der Waals surface area (Å²) in [7, 11) is -8.54. The Morgan fingerprint density at radius 1 is 1.06 bits per heavy atom. The number of nitrogens with two attached hydrogens (primary N) is 1. The number of carbonyl (C=O) groups is 1. The molecule has 1 aromatic carbocycles. The zero-order chi connectivity index (χ0) is 24.7. The fraction of sp³-hybridized carbons (Fsp3) is 0.450. The summed E-state index contributed by atoms with van der Waals surface area (Å²) in [5.41, 5.74) is 5.93. The number of hydrogen-bond acceptors (Lipinski definition) is 7. The van der Waals surface area contributed by atoms with Crippen molar-refractivity contribution in [3.8, 4) is 0 Å². The van der Waals surface area contributed by atoms with Crippen LogP contribution in [-0.4, -0.2) is 62.7 Å². The molecular formula is C20H24ClFN4O5S3. The van der Waals surface area contributed by atoms with Crippen LogP contribution in [0.25, 0.3) is 0 Å². The molecule has 0 spiro atoms. The van der Waals surface area contributed by atoms with E-state index in [1.807, 2.05) is 0 Å². The molecule has 1 atom stereocenters. The molecule has 1 aliphatic carbocycles. The van der Waals surface area contributed by atoms with Crippen LogP contribution in [-0.2, 0) is 24.8 Å². The molecule has 2 fully saturated rings. The molecule has 2 heterocycles. The van der Waals surface area contributed by atoms with E-state index in [1.54, 1.807) is 11.4 Å². The van der Waals surface area contributed by atoms with Gasteiger partial charge in [-0.3, -0.25) is 4.79 Å². The van der Waals surface area contributed by atoms with E-state index in [9.17, 15) is 26.0 Å². The van der Waals surface area contributed by atoms with Gasteiger partial charge in [-0.1, -0.05) is 17.7 Å². The Hall–Kier alpha value is -1.61. The summed E-state index contributed by atoms with van der Waals surface area (Å²) in [6.45, 7) is -0.475. The highest BCUT2D eigenvalue weighted by Gasteiger charge is 2.50. The normalized spacial score (nSPS) is 24.9. The number of hydrogen-bond donors (Lipinski definition) is 2. The first-order valence-electron chi connectivity index (χ1n) is 10.6. The highest BCUT2D eigenvalue weighted by molar-refractivity contribution is 7.91. The Kier molecular flexibility index (Phi) is 7.34. The van der Waals surface area contributed by atoms with Crippen LogP contribution in [0.4, 0.5) is 4.39 Å². The largest absolute Gasteiger partial charge is 0.351 e. The van der Waals surface area contributed by atoms with E-state index >= 15 is 0 Å². The van der Waals surface area contributed by atoms with Crippen molar-refractivity contribution in [2.75, 3.05) is 13.1 Å². The minimum absolute atomic E-state index is 0.00184. The van der Waals surface area contributed by atoms with Crippen molar-refractivity contribution in [3.63, 3.8) is 0 Å². The Morgan fingerprint density at radius 3 is 2.29 bits per heavy atom. The van der Waals surface area contributed by atoms with Crippen molar-refractivity contribution in [1.82, 2.24) is 13.9 Å². The molecule has 4 rings (SSSR count). The standard InChI is InChI=1S/C20H24ClFN4O5S3/c21-16-12-15(7-8-17(16)22)33(28,29)25-9-10-26(34(30,31)18-2-1-11-32-18)20(25)19(27)24-14-5-3-13(23)4-6-14/h1-2,7-8,11-14,20H,3-6,9-10,23H2,(H,24,27). The Labute approximate surface area is 206 Å². The second kappa shape index (κ2) is 9.80. The third-order valence-electron chi connectivity index (χ3n) is 5.99. The van der Waals surface area contributed by atoms with E-state index in [0.29, 0.717) is 25.7 Å². The molecule has 1 saturated carbocycles. The molecule has 1 saturated heterocycles. The van der Waals surface area contributed by atoms with E-state index in [-0.39, 0.29) is 34.3 Å². The molecule has 2 aliphatic rings. The van der Waals surface area contributed by atoms with Crippen molar-refractivity contribution in [1.29, 1.82) is 0 Å². The Bertz CT molecular complexity index is 1270.